The molecule has 1 aliphatic heterocycles. The second-order valence-electron chi connectivity index (χ2n) is 9.19. The SMILES string of the molecule is CC(C)(C)c1ccc2oc(Cc3ccc(CC(=O)N4CCCNCC4)cc3)nc2c1. The van der Waals surface area contributed by atoms with Crippen molar-refractivity contribution < 1.29 is 9.21 Å². The minimum absolute atomic E-state index is 0.0877. The molecule has 1 aliphatic rings. The summed E-state index contributed by atoms with van der Waals surface area (Å²) in [7, 11) is 0. The fraction of sp³-hybridized carbons (Fsp3) is 0.440. The van der Waals surface area contributed by atoms with Gasteiger partial charge >= 0.3 is 0 Å². The third kappa shape index (κ3) is 4.90. The monoisotopic (exact) mass is 405 g/mol. The molecule has 1 saturated heterocycles. The van der Waals surface area contributed by atoms with E-state index in [-0.39, 0.29) is 11.3 Å². The molecule has 1 aromatic heterocycles. The Morgan fingerprint density at radius 1 is 1.07 bits per heavy atom. The van der Waals surface area contributed by atoms with E-state index >= 15 is 0 Å². The highest BCUT2D eigenvalue weighted by Crippen LogP contribution is 2.27. The van der Waals surface area contributed by atoms with E-state index in [0.29, 0.717) is 12.8 Å². The Kier molecular flexibility index (Phi) is 5.91. The Morgan fingerprint density at radius 2 is 1.83 bits per heavy atom. The summed E-state index contributed by atoms with van der Waals surface area (Å²) < 4.78 is 5.95. The van der Waals surface area contributed by atoms with Crippen molar-refractivity contribution in [1.82, 2.24) is 15.2 Å². The highest BCUT2D eigenvalue weighted by molar-refractivity contribution is 5.79. The summed E-state index contributed by atoms with van der Waals surface area (Å²) in [6.07, 6.45) is 2.12. The lowest BCUT2D eigenvalue weighted by atomic mass is 9.87. The van der Waals surface area contributed by atoms with E-state index < -0.39 is 0 Å². The number of rotatable bonds is 4. The van der Waals surface area contributed by atoms with Crippen molar-refractivity contribution in [1.29, 1.82) is 0 Å². The summed E-state index contributed by atoms with van der Waals surface area (Å²) in [5.74, 6) is 0.928. The molecular formula is C25H31N3O2. The molecule has 5 heteroatoms. The first kappa shape index (κ1) is 20.6. The van der Waals surface area contributed by atoms with Gasteiger partial charge in [-0.15, -0.1) is 0 Å². The highest BCUT2D eigenvalue weighted by atomic mass is 16.3. The van der Waals surface area contributed by atoms with Gasteiger partial charge in [0, 0.05) is 26.1 Å². The van der Waals surface area contributed by atoms with Gasteiger partial charge in [-0.1, -0.05) is 51.1 Å². The van der Waals surface area contributed by atoms with Gasteiger partial charge in [0.05, 0.1) is 6.42 Å². The van der Waals surface area contributed by atoms with E-state index in [1.165, 1.54) is 5.56 Å². The molecule has 0 unspecified atom stereocenters. The van der Waals surface area contributed by atoms with E-state index in [1.807, 2.05) is 23.1 Å². The average Bonchev–Trinajstić information content (AvgIpc) is 2.91. The van der Waals surface area contributed by atoms with Crippen molar-refractivity contribution in [2.45, 2.75) is 45.4 Å². The maximum atomic E-state index is 12.6. The van der Waals surface area contributed by atoms with Crippen LogP contribution < -0.4 is 5.32 Å². The van der Waals surface area contributed by atoms with Gasteiger partial charge in [-0.2, -0.15) is 0 Å². The number of oxazole rings is 1. The second-order valence-corrected chi connectivity index (χ2v) is 9.19. The van der Waals surface area contributed by atoms with Crippen LogP contribution in [0.25, 0.3) is 11.1 Å². The molecule has 30 heavy (non-hydrogen) atoms. The van der Waals surface area contributed by atoms with Gasteiger partial charge in [0.15, 0.2) is 11.5 Å². The van der Waals surface area contributed by atoms with Crippen molar-refractivity contribution in [3.8, 4) is 0 Å². The molecule has 2 aromatic carbocycles. The molecule has 5 nitrogen and oxygen atoms in total. The van der Waals surface area contributed by atoms with Crippen LogP contribution in [-0.2, 0) is 23.1 Å². The molecule has 2 heterocycles. The Morgan fingerprint density at radius 3 is 2.60 bits per heavy atom. The number of fused-ring (bicyclic) bond motifs is 1. The average molecular weight is 406 g/mol. The summed E-state index contributed by atoms with van der Waals surface area (Å²) in [4.78, 5) is 19.2. The quantitative estimate of drug-likeness (QED) is 0.711. The third-order valence-electron chi connectivity index (χ3n) is 5.72. The Bertz CT molecular complexity index is 1010. The molecule has 0 atom stereocenters. The molecule has 1 fully saturated rings. The molecular weight excluding hydrogens is 374 g/mol. The maximum Gasteiger partial charge on any atom is 0.227 e. The Balaban J connectivity index is 1.41. The van der Waals surface area contributed by atoms with Crippen LogP contribution in [0.1, 0.15) is 49.8 Å². The number of nitrogens with one attached hydrogen (secondary N) is 1. The zero-order valence-electron chi connectivity index (χ0n) is 18.2. The molecule has 1 N–H and O–H groups in total. The first-order chi connectivity index (χ1) is 14.4. The summed E-state index contributed by atoms with van der Waals surface area (Å²) in [5, 5.41) is 3.34. The second kappa shape index (κ2) is 8.60. The minimum Gasteiger partial charge on any atom is -0.440 e. The van der Waals surface area contributed by atoms with E-state index in [1.54, 1.807) is 0 Å². The third-order valence-corrected chi connectivity index (χ3v) is 5.72. The van der Waals surface area contributed by atoms with Crippen molar-refractivity contribution in [2.75, 3.05) is 26.2 Å². The van der Waals surface area contributed by atoms with Gasteiger partial charge < -0.3 is 14.6 Å². The van der Waals surface area contributed by atoms with Crippen LogP contribution in [0.5, 0.6) is 0 Å². The Labute approximate surface area is 178 Å². The first-order valence-electron chi connectivity index (χ1n) is 10.8. The molecule has 0 bridgehead atoms. The number of aromatic nitrogens is 1. The molecule has 0 aliphatic carbocycles. The van der Waals surface area contributed by atoms with Crippen molar-refractivity contribution >= 4 is 17.0 Å². The van der Waals surface area contributed by atoms with Crippen LogP contribution in [0.2, 0.25) is 0 Å². The van der Waals surface area contributed by atoms with Crippen LogP contribution in [-0.4, -0.2) is 42.0 Å². The number of hydrogen-bond donors (Lipinski definition) is 1. The molecule has 0 saturated carbocycles. The molecule has 158 valence electrons. The minimum atomic E-state index is 0.0877. The van der Waals surface area contributed by atoms with Gasteiger partial charge in [0.25, 0.3) is 0 Å². The van der Waals surface area contributed by atoms with Crippen LogP contribution in [0.15, 0.2) is 46.9 Å². The molecule has 1 amide bonds. The zero-order chi connectivity index (χ0) is 21.1. The number of carbonyl (C=O) groups excluding carboxylic acids is 1. The molecule has 3 aromatic rings. The van der Waals surface area contributed by atoms with Crippen molar-refractivity contribution in [3.05, 3.63) is 65.0 Å². The fourth-order valence-electron chi connectivity index (χ4n) is 3.85. The smallest absolute Gasteiger partial charge is 0.227 e. The fourth-order valence-corrected chi connectivity index (χ4v) is 3.85. The van der Waals surface area contributed by atoms with E-state index in [0.717, 1.165) is 60.7 Å². The van der Waals surface area contributed by atoms with Crippen LogP contribution in [0.3, 0.4) is 0 Å². The summed E-state index contributed by atoms with van der Waals surface area (Å²) in [5.41, 5.74) is 5.26. The number of amides is 1. The largest absolute Gasteiger partial charge is 0.440 e. The Hall–Kier alpha value is -2.66. The summed E-state index contributed by atoms with van der Waals surface area (Å²) >= 11 is 0. The van der Waals surface area contributed by atoms with Gasteiger partial charge in [-0.3, -0.25) is 4.79 Å². The molecule has 4 rings (SSSR count). The predicted octanol–water partition coefficient (Wildman–Crippen LogP) is 4.08. The standard InChI is InChI=1S/C25H31N3O2/c1-25(2,3)20-9-10-22-21(17-20)27-23(30-22)15-18-5-7-19(8-6-18)16-24(29)28-13-4-11-26-12-14-28/h5-10,17,26H,4,11-16H2,1-3H3. The lowest BCUT2D eigenvalue weighted by Crippen LogP contribution is -2.35. The lowest BCUT2D eigenvalue weighted by Gasteiger charge is -2.20. The van der Waals surface area contributed by atoms with Crippen LogP contribution in [0, 0.1) is 0 Å². The lowest BCUT2D eigenvalue weighted by molar-refractivity contribution is -0.130. The van der Waals surface area contributed by atoms with Crippen LogP contribution >= 0.6 is 0 Å². The van der Waals surface area contributed by atoms with Gasteiger partial charge in [0.2, 0.25) is 5.91 Å². The van der Waals surface area contributed by atoms with Crippen molar-refractivity contribution in [2.24, 2.45) is 0 Å². The number of benzene rings is 2. The van der Waals surface area contributed by atoms with E-state index in [9.17, 15) is 4.79 Å². The van der Waals surface area contributed by atoms with E-state index in [4.69, 9.17) is 4.42 Å². The normalized spacial score (nSPS) is 15.4. The molecule has 0 radical (unpaired) electrons. The van der Waals surface area contributed by atoms with Crippen LogP contribution in [0.4, 0.5) is 0 Å². The molecule has 0 spiro atoms. The first-order valence-corrected chi connectivity index (χ1v) is 10.8. The van der Waals surface area contributed by atoms with Crippen molar-refractivity contribution in [3.63, 3.8) is 0 Å². The highest BCUT2D eigenvalue weighted by Gasteiger charge is 2.17. The number of nitrogens with zero attached hydrogens (tertiary/aromatic N) is 2. The van der Waals surface area contributed by atoms with Gasteiger partial charge in [0.1, 0.15) is 5.52 Å². The predicted molar refractivity (Wildman–Crippen MR) is 120 cm³/mol. The van der Waals surface area contributed by atoms with E-state index in [2.05, 4.69) is 55.3 Å². The topological polar surface area (TPSA) is 58.4 Å². The number of hydrogen-bond acceptors (Lipinski definition) is 4. The zero-order valence-corrected chi connectivity index (χ0v) is 18.2. The van der Waals surface area contributed by atoms with Gasteiger partial charge in [-0.25, -0.2) is 4.98 Å². The summed E-state index contributed by atoms with van der Waals surface area (Å²) in [6.45, 7) is 10.1. The number of carbonyl (C=O) groups is 1. The summed E-state index contributed by atoms with van der Waals surface area (Å²) in [6, 6.07) is 14.5. The maximum absolute atomic E-state index is 12.6. The van der Waals surface area contributed by atoms with Gasteiger partial charge in [-0.05, 0) is 47.2 Å².